The molecule has 7 nitrogen and oxygen atoms in total. The van der Waals surface area contributed by atoms with Crippen LogP contribution >= 0.6 is 0 Å². The van der Waals surface area contributed by atoms with E-state index >= 15 is 0 Å². The van der Waals surface area contributed by atoms with E-state index < -0.39 is 30.2 Å². The Labute approximate surface area is 161 Å². The van der Waals surface area contributed by atoms with Crippen LogP contribution in [0.3, 0.4) is 0 Å². The lowest BCUT2D eigenvalue weighted by Gasteiger charge is -2.08. The van der Waals surface area contributed by atoms with Crippen LogP contribution in [0.1, 0.15) is 22.8 Å². The number of benzene rings is 2. The number of hydrogen-bond acceptors (Lipinski definition) is 5. The first-order valence-corrected chi connectivity index (χ1v) is 8.66. The van der Waals surface area contributed by atoms with E-state index in [-0.39, 0.29) is 13.1 Å². The largest absolute Gasteiger partial charge is 0.494 e. The van der Waals surface area contributed by atoms with Crippen molar-refractivity contribution in [1.29, 1.82) is 0 Å². The highest BCUT2D eigenvalue weighted by Gasteiger charge is 2.11. The van der Waals surface area contributed by atoms with Gasteiger partial charge in [0.05, 0.1) is 6.61 Å². The van der Waals surface area contributed by atoms with Crippen LogP contribution < -0.4 is 15.4 Å². The van der Waals surface area contributed by atoms with Crippen LogP contribution in [-0.4, -0.2) is 37.5 Å². The highest BCUT2D eigenvalue weighted by molar-refractivity contribution is 5.96. The lowest BCUT2D eigenvalue weighted by Crippen LogP contribution is -2.33. The fourth-order valence-electron chi connectivity index (χ4n) is 2.21. The van der Waals surface area contributed by atoms with Gasteiger partial charge >= 0.3 is 5.97 Å². The van der Waals surface area contributed by atoms with Gasteiger partial charge in [-0.1, -0.05) is 18.2 Å². The number of amides is 2. The van der Waals surface area contributed by atoms with E-state index in [2.05, 4.69) is 10.6 Å². The number of carbonyl (C=O) groups is 3. The van der Waals surface area contributed by atoms with Crippen molar-refractivity contribution in [3.8, 4) is 5.75 Å². The summed E-state index contributed by atoms with van der Waals surface area (Å²) in [4.78, 5) is 35.3. The van der Waals surface area contributed by atoms with E-state index in [0.717, 1.165) is 0 Å². The average molecular weight is 388 g/mol. The lowest BCUT2D eigenvalue weighted by molar-refractivity contribution is -0.147. The fourth-order valence-corrected chi connectivity index (χ4v) is 2.21. The molecule has 2 rings (SSSR count). The summed E-state index contributed by atoms with van der Waals surface area (Å²) in [5, 5.41) is 4.85. The van der Waals surface area contributed by atoms with Crippen LogP contribution in [0.15, 0.2) is 48.5 Å². The van der Waals surface area contributed by atoms with Gasteiger partial charge in [0.2, 0.25) is 0 Å². The van der Waals surface area contributed by atoms with Gasteiger partial charge in [-0.3, -0.25) is 14.4 Å². The van der Waals surface area contributed by atoms with Crippen molar-refractivity contribution >= 4 is 17.8 Å². The van der Waals surface area contributed by atoms with Crippen LogP contribution in [0.25, 0.3) is 0 Å². The van der Waals surface area contributed by atoms with E-state index in [0.29, 0.717) is 23.5 Å². The molecule has 0 aliphatic heterocycles. The maximum atomic E-state index is 13.4. The number of carbonyl (C=O) groups excluding carboxylic acids is 3. The monoisotopic (exact) mass is 388 g/mol. The standard InChI is InChI=1S/C20H21FN2O5/c1-2-27-16-9-7-14(8-10-16)20(26)23-12-19(25)28-13-18(24)22-11-15-5-3-4-6-17(15)21/h3-10H,2,11-13H2,1H3,(H,22,24)(H,23,26). The van der Waals surface area contributed by atoms with Gasteiger partial charge in [-0.05, 0) is 37.3 Å². The second-order valence-electron chi connectivity index (χ2n) is 5.67. The predicted octanol–water partition coefficient (Wildman–Crippen LogP) is 1.81. The third-order valence-electron chi connectivity index (χ3n) is 3.62. The maximum Gasteiger partial charge on any atom is 0.325 e. The Hall–Kier alpha value is -3.42. The van der Waals surface area contributed by atoms with Crippen molar-refractivity contribution in [3.63, 3.8) is 0 Å². The molecule has 2 aromatic carbocycles. The molecular formula is C20H21FN2O5. The molecule has 0 spiro atoms. The van der Waals surface area contributed by atoms with Crippen molar-refractivity contribution in [1.82, 2.24) is 10.6 Å². The Morgan fingerprint density at radius 3 is 2.39 bits per heavy atom. The van der Waals surface area contributed by atoms with Crippen molar-refractivity contribution in [3.05, 3.63) is 65.5 Å². The molecule has 0 atom stereocenters. The number of rotatable bonds is 9. The molecule has 2 aromatic rings. The first-order valence-electron chi connectivity index (χ1n) is 8.66. The molecule has 2 amide bonds. The highest BCUT2D eigenvalue weighted by Crippen LogP contribution is 2.11. The van der Waals surface area contributed by atoms with Crippen LogP contribution in [0.4, 0.5) is 4.39 Å². The Kier molecular flexibility index (Phi) is 7.95. The van der Waals surface area contributed by atoms with Gasteiger partial charge in [-0.2, -0.15) is 0 Å². The summed E-state index contributed by atoms with van der Waals surface area (Å²) < 4.78 is 23.5. The smallest absolute Gasteiger partial charge is 0.325 e. The summed E-state index contributed by atoms with van der Waals surface area (Å²) in [6.07, 6.45) is 0. The molecule has 0 radical (unpaired) electrons. The maximum absolute atomic E-state index is 13.4. The van der Waals surface area contributed by atoms with E-state index in [4.69, 9.17) is 9.47 Å². The molecule has 0 unspecified atom stereocenters. The molecule has 0 saturated carbocycles. The summed E-state index contributed by atoms with van der Waals surface area (Å²) in [5.74, 6) is -1.59. The Morgan fingerprint density at radius 1 is 1.00 bits per heavy atom. The van der Waals surface area contributed by atoms with Crippen LogP contribution in [-0.2, 0) is 20.9 Å². The molecule has 0 fully saturated rings. The highest BCUT2D eigenvalue weighted by atomic mass is 19.1. The molecular weight excluding hydrogens is 367 g/mol. The summed E-state index contributed by atoms with van der Waals surface area (Å²) >= 11 is 0. The van der Waals surface area contributed by atoms with Crippen LogP contribution in [0, 0.1) is 5.82 Å². The molecule has 0 bridgehead atoms. The first kappa shape index (κ1) is 20.9. The van der Waals surface area contributed by atoms with Crippen LogP contribution in [0.5, 0.6) is 5.75 Å². The van der Waals surface area contributed by atoms with Gasteiger partial charge in [-0.25, -0.2) is 4.39 Å². The number of nitrogens with one attached hydrogen (secondary N) is 2. The van der Waals surface area contributed by atoms with Crippen molar-refractivity contribution in [2.45, 2.75) is 13.5 Å². The molecule has 28 heavy (non-hydrogen) atoms. The lowest BCUT2D eigenvalue weighted by atomic mass is 10.2. The van der Waals surface area contributed by atoms with Gasteiger partial charge in [0.25, 0.3) is 11.8 Å². The zero-order chi connectivity index (χ0) is 20.4. The third-order valence-corrected chi connectivity index (χ3v) is 3.62. The second kappa shape index (κ2) is 10.7. The molecule has 2 N–H and O–H groups in total. The number of esters is 1. The molecule has 0 aliphatic rings. The van der Waals surface area contributed by atoms with E-state index in [1.165, 1.54) is 12.1 Å². The van der Waals surface area contributed by atoms with Gasteiger partial charge in [0, 0.05) is 17.7 Å². The summed E-state index contributed by atoms with van der Waals surface area (Å²) in [5.41, 5.74) is 0.684. The summed E-state index contributed by atoms with van der Waals surface area (Å²) in [7, 11) is 0. The molecule has 0 aromatic heterocycles. The van der Waals surface area contributed by atoms with Crippen molar-refractivity contribution in [2.75, 3.05) is 19.8 Å². The zero-order valence-electron chi connectivity index (χ0n) is 15.4. The Morgan fingerprint density at radius 2 is 1.71 bits per heavy atom. The van der Waals surface area contributed by atoms with E-state index in [1.807, 2.05) is 6.92 Å². The third kappa shape index (κ3) is 6.71. The molecule has 148 valence electrons. The SMILES string of the molecule is CCOc1ccc(C(=O)NCC(=O)OCC(=O)NCc2ccccc2F)cc1. The van der Waals surface area contributed by atoms with Gasteiger partial charge in [-0.15, -0.1) is 0 Å². The van der Waals surface area contributed by atoms with Crippen molar-refractivity contribution in [2.24, 2.45) is 0 Å². The van der Waals surface area contributed by atoms with E-state index in [1.54, 1.807) is 36.4 Å². The molecule has 8 heteroatoms. The van der Waals surface area contributed by atoms with Crippen molar-refractivity contribution < 1.29 is 28.2 Å². The Bertz CT molecular complexity index is 824. The topological polar surface area (TPSA) is 93.7 Å². The summed E-state index contributed by atoms with van der Waals surface area (Å²) in [6.45, 7) is 1.45. The minimum Gasteiger partial charge on any atom is -0.494 e. The van der Waals surface area contributed by atoms with Gasteiger partial charge in [0.1, 0.15) is 18.1 Å². The number of halogens is 1. The summed E-state index contributed by atoms with van der Waals surface area (Å²) in [6, 6.07) is 12.5. The number of hydrogen-bond donors (Lipinski definition) is 2. The predicted molar refractivity (Wildman–Crippen MR) is 99.1 cm³/mol. The minimum absolute atomic E-state index is 0.0163. The average Bonchev–Trinajstić information content (AvgIpc) is 2.70. The molecule has 0 heterocycles. The zero-order valence-corrected chi connectivity index (χ0v) is 15.4. The quantitative estimate of drug-likeness (QED) is 0.639. The fraction of sp³-hybridized carbons (Fsp3) is 0.250. The second-order valence-corrected chi connectivity index (χ2v) is 5.67. The van der Waals surface area contributed by atoms with Gasteiger partial charge in [0.15, 0.2) is 6.61 Å². The normalized spacial score (nSPS) is 10.1. The Balaban J connectivity index is 1.68. The minimum atomic E-state index is -0.764. The molecule has 0 aliphatic carbocycles. The first-order chi connectivity index (χ1) is 13.5. The number of ether oxygens (including phenoxy) is 2. The van der Waals surface area contributed by atoms with Gasteiger partial charge < -0.3 is 20.1 Å². The molecule has 0 saturated heterocycles. The van der Waals surface area contributed by atoms with Crippen LogP contribution in [0.2, 0.25) is 0 Å². The van der Waals surface area contributed by atoms with E-state index in [9.17, 15) is 18.8 Å².